The van der Waals surface area contributed by atoms with E-state index in [1.165, 1.54) is 24.3 Å². The van der Waals surface area contributed by atoms with Gasteiger partial charge < -0.3 is 29.2 Å². The Morgan fingerprint density at radius 3 is 1.41 bits per heavy atom. The molecular formula is C23H28O9. The van der Waals surface area contributed by atoms with Crippen LogP contribution < -0.4 is 9.47 Å². The van der Waals surface area contributed by atoms with E-state index >= 15 is 0 Å². The lowest BCUT2D eigenvalue weighted by molar-refractivity contribution is 0.0515. The second kappa shape index (κ2) is 15.4. The normalized spacial score (nSPS) is 9.75. The lowest BCUT2D eigenvalue weighted by atomic mass is 10.2. The Kier molecular flexibility index (Phi) is 12.8. The molecule has 0 spiro atoms. The summed E-state index contributed by atoms with van der Waals surface area (Å²) in [6, 6.07) is 12.2. The zero-order valence-electron chi connectivity index (χ0n) is 18.1. The van der Waals surface area contributed by atoms with Crippen LogP contribution in [-0.2, 0) is 9.47 Å². The summed E-state index contributed by atoms with van der Waals surface area (Å²) in [6.45, 7) is 4.10. The highest BCUT2D eigenvalue weighted by Crippen LogP contribution is 2.22. The molecule has 0 heterocycles. The monoisotopic (exact) mass is 448 g/mol. The lowest BCUT2D eigenvalue weighted by Gasteiger charge is -2.11. The van der Waals surface area contributed by atoms with Gasteiger partial charge in [0.15, 0.2) is 0 Å². The van der Waals surface area contributed by atoms with Crippen molar-refractivity contribution in [2.75, 3.05) is 26.4 Å². The first-order valence-corrected chi connectivity index (χ1v) is 10.1. The molecule has 0 amide bonds. The minimum atomic E-state index is -1.10. The van der Waals surface area contributed by atoms with E-state index in [9.17, 15) is 14.4 Å². The van der Waals surface area contributed by atoms with Gasteiger partial charge in [0.1, 0.15) is 22.6 Å². The Morgan fingerprint density at radius 1 is 0.688 bits per heavy atom. The Balaban J connectivity index is 0.000000751. The maximum Gasteiger partial charge on any atom is 0.519 e. The molecule has 0 radical (unpaired) electrons. The van der Waals surface area contributed by atoms with Crippen LogP contribution in [0.15, 0.2) is 48.5 Å². The summed E-state index contributed by atoms with van der Waals surface area (Å²) >= 11 is 0. The molecule has 0 aliphatic heterocycles. The fourth-order valence-electron chi connectivity index (χ4n) is 2.29. The highest BCUT2D eigenvalue weighted by atomic mass is 16.7. The Labute approximate surface area is 186 Å². The molecule has 9 nitrogen and oxygen atoms in total. The molecule has 32 heavy (non-hydrogen) atoms. The van der Waals surface area contributed by atoms with Crippen LogP contribution in [-0.4, -0.2) is 54.7 Å². The van der Waals surface area contributed by atoms with Crippen molar-refractivity contribution in [3.63, 3.8) is 0 Å². The molecule has 0 aliphatic carbocycles. The average molecular weight is 448 g/mol. The van der Waals surface area contributed by atoms with Gasteiger partial charge in [-0.1, -0.05) is 24.3 Å². The number of para-hydroxylation sites is 2. The Hall–Kier alpha value is -3.43. The van der Waals surface area contributed by atoms with Crippen molar-refractivity contribution in [1.82, 2.24) is 0 Å². The molecule has 2 rings (SSSR count). The summed E-state index contributed by atoms with van der Waals surface area (Å²) in [4.78, 5) is 35.9. The second-order valence-corrected chi connectivity index (χ2v) is 6.04. The van der Waals surface area contributed by atoms with Gasteiger partial charge in [-0.3, -0.25) is 0 Å². The standard InChI is InChI=1S/C19H18O7.C4H10O2/c1-3-23-17(20)13-9-5-7-11-15(13)25-19(22)26-16-12-8-6-10-14(16)18(21)24-4-2;5-3-1-2-4-6/h5-12H,3-4H2,1-2H3;5-6H,1-4H2. The van der Waals surface area contributed by atoms with E-state index in [1.54, 1.807) is 38.1 Å². The zero-order valence-corrected chi connectivity index (χ0v) is 18.1. The van der Waals surface area contributed by atoms with Gasteiger partial charge in [0.05, 0.1) is 13.2 Å². The summed E-state index contributed by atoms with van der Waals surface area (Å²) in [5.41, 5.74) is 0.176. The summed E-state index contributed by atoms with van der Waals surface area (Å²) < 4.78 is 20.0. The highest BCUT2D eigenvalue weighted by Gasteiger charge is 2.20. The van der Waals surface area contributed by atoms with Crippen molar-refractivity contribution >= 4 is 18.1 Å². The summed E-state index contributed by atoms with van der Waals surface area (Å²) in [7, 11) is 0. The largest absolute Gasteiger partial charge is 0.519 e. The van der Waals surface area contributed by atoms with Crippen LogP contribution in [0.5, 0.6) is 11.5 Å². The summed E-state index contributed by atoms with van der Waals surface area (Å²) in [5, 5.41) is 16.2. The number of hydrogen-bond donors (Lipinski definition) is 2. The quantitative estimate of drug-likeness (QED) is 0.337. The molecule has 0 atom stereocenters. The van der Waals surface area contributed by atoms with E-state index in [-0.39, 0.29) is 49.1 Å². The van der Waals surface area contributed by atoms with Crippen LogP contribution in [0.25, 0.3) is 0 Å². The summed E-state index contributed by atoms with van der Waals surface area (Å²) in [6.07, 6.45) is 0.339. The van der Waals surface area contributed by atoms with Crippen molar-refractivity contribution in [2.24, 2.45) is 0 Å². The molecule has 174 valence electrons. The second-order valence-electron chi connectivity index (χ2n) is 6.04. The first-order valence-electron chi connectivity index (χ1n) is 10.1. The lowest BCUT2D eigenvalue weighted by Crippen LogP contribution is -2.18. The topological polar surface area (TPSA) is 129 Å². The van der Waals surface area contributed by atoms with Crippen LogP contribution in [0.2, 0.25) is 0 Å². The molecule has 0 saturated carbocycles. The highest BCUT2D eigenvalue weighted by molar-refractivity contribution is 5.94. The first kappa shape index (κ1) is 26.6. The van der Waals surface area contributed by atoms with Crippen molar-refractivity contribution in [2.45, 2.75) is 26.7 Å². The Bertz CT molecular complexity index is 795. The maximum atomic E-state index is 12.1. The molecule has 2 N–H and O–H groups in total. The van der Waals surface area contributed by atoms with Gasteiger partial charge in [0.25, 0.3) is 0 Å². The minimum absolute atomic E-state index is 0.00966. The summed E-state index contributed by atoms with van der Waals surface area (Å²) in [5.74, 6) is -1.26. The smallest absolute Gasteiger partial charge is 0.462 e. The average Bonchev–Trinajstić information content (AvgIpc) is 2.79. The number of esters is 2. The number of aliphatic hydroxyl groups is 2. The number of ether oxygens (including phenoxy) is 4. The van der Waals surface area contributed by atoms with Crippen molar-refractivity contribution in [1.29, 1.82) is 0 Å². The number of carbonyl (C=O) groups is 3. The SMILES string of the molecule is CCOC(=O)c1ccccc1OC(=O)Oc1ccccc1C(=O)OCC.OCCCCO. The zero-order chi connectivity index (χ0) is 23.8. The van der Waals surface area contributed by atoms with Crippen LogP contribution in [0, 0.1) is 0 Å². The molecule has 0 aliphatic rings. The van der Waals surface area contributed by atoms with Crippen LogP contribution in [0.3, 0.4) is 0 Å². The van der Waals surface area contributed by atoms with E-state index in [2.05, 4.69) is 0 Å². The van der Waals surface area contributed by atoms with Gasteiger partial charge in [-0.2, -0.15) is 0 Å². The maximum absolute atomic E-state index is 12.1. The molecule has 0 saturated heterocycles. The van der Waals surface area contributed by atoms with Crippen molar-refractivity contribution < 1.29 is 43.5 Å². The number of hydrogen-bond acceptors (Lipinski definition) is 9. The predicted octanol–water partition coefficient (Wildman–Crippen LogP) is 3.37. The fraction of sp³-hybridized carbons (Fsp3) is 0.348. The van der Waals surface area contributed by atoms with Gasteiger partial charge in [-0.05, 0) is 51.0 Å². The number of unbranched alkanes of at least 4 members (excludes halogenated alkanes) is 1. The van der Waals surface area contributed by atoms with Crippen LogP contribution in [0.1, 0.15) is 47.4 Å². The molecule has 2 aromatic rings. The van der Waals surface area contributed by atoms with Crippen molar-refractivity contribution in [3.8, 4) is 11.5 Å². The number of benzene rings is 2. The molecule has 9 heteroatoms. The molecular weight excluding hydrogens is 420 g/mol. The third-order valence-electron chi connectivity index (χ3n) is 3.72. The van der Waals surface area contributed by atoms with E-state index < -0.39 is 18.1 Å². The van der Waals surface area contributed by atoms with Crippen molar-refractivity contribution in [3.05, 3.63) is 59.7 Å². The molecule has 2 aromatic carbocycles. The third kappa shape index (κ3) is 9.15. The number of carbonyl (C=O) groups excluding carboxylic acids is 3. The molecule has 0 unspecified atom stereocenters. The van der Waals surface area contributed by atoms with E-state index in [0.717, 1.165) is 12.8 Å². The fourth-order valence-corrected chi connectivity index (χ4v) is 2.29. The number of rotatable bonds is 9. The van der Waals surface area contributed by atoms with E-state index in [4.69, 9.17) is 29.2 Å². The Morgan fingerprint density at radius 2 is 1.06 bits per heavy atom. The van der Waals surface area contributed by atoms with Gasteiger partial charge in [0, 0.05) is 13.2 Å². The van der Waals surface area contributed by atoms with Gasteiger partial charge in [-0.25, -0.2) is 14.4 Å². The van der Waals surface area contributed by atoms with Gasteiger partial charge >= 0.3 is 18.1 Å². The van der Waals surface area contributed by atoms with E-state index in [1.807, 2.05) is 0 Å². The van der Waals surface area contributed by atoms with Crippen LogP contribution in [0.4, 0.5) is 4.79 Å². The molecule has 0 fully saturated rings. The van der Waals surface area contributed by atoms with Gasteiger partial charge in [-0.15, -0.1) is 0 Å². The molecule has 0 aromatic heterocycles. The number of aliphatic hydroxyl groups excluding tert-OH is 2. The minimum Gasteiger partial charge on any atom is -0.462 e. The van der Waals surface area contributed by atoms with E-state index in [0.29, 0.717) is 0 Å². The van der Waals surface area contributed by atoms with Crippen LogP contribution >= 0.6 is 0 Å². The first-order chi connectivity index (χ1) is 15.5. The van der Waals surface area contributed by atoms with Gasteiger partial charge in [0.2, 0.25) is 0 Å². The third-order valence-corrected chi connectivity index (χ3v) is 3.72. The predicted molar refractivity (Wildman–Crippen MR) is 115 cm³/mol. The molecule has 0 bridgehead atoms.